The van der Waals surface area contributed by atoms with Crippen molar-refractivity contribution in [1.82, 2.24) is 4.90 Å². The number of hydrogen-bond acceptors (Lipinski definition) is 8. The standard InChI is InChI=1S/C21H20N4O4S/c1-13-15(12-29-28-2)18(14-8-4-3-5-9-14)25-20(27)19(30-21(25)22-13)24-23-16-10-6-7-11-17(16)26/h3-11,18,23,26H,12H2,1-2H3/b24-19-. The fourth-order valence-electron chi connectivity index (χ4n) is 3.28. The molecule has 0 bridgehead atoms. The first-order valence-corrected chi connectivity index (χ1v) is 10.0. The highest BCUT2D eigenvalue weighted by Gasteiger charge is 2.44. The summed E-state index contributed by atoms with van der Waals surface area (Å²) in [4.78, 5) is 29.4. The van der Waals surface area contributed by atoms with Crippen molar-refractivity contribution in [3.8, 4) is 5.75 Å². The number of allylic oxidation sites excluding steroid dienone is 1. The van der Waals surface area contributed by atoms with Crippen LogP contribution in [0.5, 0.6) is 5.75 Å². The highest BCUT2D eigenvalue weighted by molar-refractivity contribution is 8.29. The topological polar surface area (TPSA) is 95.7 Å². The predicted molar refractivity (Wildman–Crippen MR) is 116 cm³/mol. The molecule has 2 aliphatic rings. The third-order valence-corrected chi connectivity index (χ3v) is 5.67. The molecular weight excluding hydrogens is 404 g/mol. The molecule has 0 saturated carbocycles. The molecule has 2 N–H and O–H groups in total. The smallest absolute Gasteiger partial charge is 0.288 e. The Morgan fingerprint density at radius 1 is 1.20 bits per heavy atom. The van der Waals surface area contributed by atoms with Gasteiger partial charge in [-0.25, -0.2) is 14.8 Å². The molecule has 1 atom stereocenters. The molecule has 0 radical (unpaired) electrons. The van der Waals surface area contributed by atoms with Gasteiger partial charge in [0.15, 0.2) is 10.2 Å². The molecule has 0 aliphatic carbocycles. The van der Waals surface area contributed by atoms with Crippen LogP contribution in [0.15, 0.2) is 76.0 Å². The third kappa shape index (κ3) is 3.82. The van der Waals surface area contributed by atoms with Crippen molar-refractivity contribution < 1.29 is 19.7 Å². The molecule has 1 amide bonds. The summed E-state index contributed by atoms with van der Waals surface area (Å²) in [6.07, 6.45) is 0. The van der Waals surface area contributed by atoms with Crippen molar-refractivity contribution in [3.63, 3.8) is 0 Å². The van der Waals surface area contributed by atoms with Crippen molar-refractivity contribution in [2.45, 2.75) is 13.0 Å². The first-order chi connectivity index (χ1) is 14.6. The summed E-state index contributed by atoms with van der Waals surface area (Å²) < 4.78 is 0. The van der Waals surface area contributed by atoms with Gasteiger partial charge in [-0.1, -0.05) is 42.5 Å². The summed E-state index contributed by atoms with van der Waals surface area (Å²) in [7, 11) is 1.44. The minimum atomic E-state index is -0.383. The monoisotopic (exact) mass is 424 g/mol. The Hall–Kier alpha value is -3.14. The van der Waals surface area contributed by atoms with E-state index < -0.39 is 0 Å². The average molecular weight is 424 g/mol. The molecule has 2 aromatic carbocycles. The number of nitrogens with zero attached hydrogens (tertiary/aromatic N) is 3. The number of phenolic OH excluding ortho intramolecular Hbond substituents is 1. The number of amidine groups is 1. The number of aromatic hydroxyl groups is 1. The van der Waals surface area contributed by atoms with Crippen LogP contribution in [0, 0.1) is 0 Å². The average Bonchev–Trinajstić information content (AvgIpc) is 3.07. The molecule has 154 valence electrons. The van der Waals surface area contributed by atoms with E-state index in [1.54, 1.807) is 29.2 Å². The molecule has 9 heteroatoms. The number of carbonyl (C=O) groups excluding carboxylic acids is 1. The quantitative estimate of drug-likeness (QED) is 0.417. The molecule has 1 saturated heterocycles. The van der Waals surface area contributed by atoms with Crippen molar-refractivity contribution in [2.24, 2.45) is 10.1 Å². The van der Waals surface area contributed by atoms with Gasteiger partial charge in [-0.15, -0.1) is 0 Å². The largest absolute Gasteiger partial charge is 0.506 e. The van der Waals surface area contributed by atoms with Crippen LogP contribution in [0.3, 0.4) is 0 Å². The van der Waals surface area contributed by atoms with Gasteiger partial charge in [-0.3, -0.25) is 15.1 Å². The van der Waals surface area contributed by atoms with E-state index in [4.69, 9.17) is 9.78 Å². The number of phenols is 1. The maximum Gasteiger partial charge on any atom is 0.288 e. The lowest BCUT2D eigenvalue weighted by atomic mass is 9.95. The number of hydrazone groups is 1. The van der Waals surface area contributed by atoms with E-state index in [1.165, 1.54) is 18.9 Å². The third-order valence-electron chi connectivity index (χ3n) is 4.74. The molecule has 1 fully saturated rings. The predicted octanol–water partition coefficient (Wildman–Crippen LogP) is 3.66. The number of amides is 1. The van der Waals surface area contributed by atoms with E-state index in [1.807, 2.05) is 37.3 Å². The lowest BCUT2D eigenvalue weighted by molar-refractivity contribution is -0.266. The van der Waals surface area contributed by atoms with Gasteiger partial charge >= 0.3 is 0 Å². The Morgan fingerprint density at radius 3 is 2.67 bits per heavy atom. The fourth-order valence-corrected chi connectivity index (χ4v) is 4.20. The van der Waals surface area contributed by atoms with E-state index in [0.717, 1.165) is 16.8 Å². The van der Waals surface area contributed by atoms with Gasteiger partial charge in [0.05, 0.1) is 18.8 Å². The molecule has 0 aromatic heterocycles. The SMILES string of the molecule is COOCC1=C(C)N=C2S/C(=N\Nc3ccccc3O)C(=O)N2C1c1ccccc1. The molecule has 1 unspecified atom stereocenters. The maximum absolute atomic E-state index is 13.3. The van der Waals surface area contributed by atoms with Crippen LogP contribution < -0.4 is 5.43 Å². The number of anilines is 1. The second-order valence-corrected chi connectivity index (χ2v) is 7.53. The normalized spacial score (nSPS) is 19.9. The fraction of sp³-hybridized carbons (Fsp3) is 0.190. The van der Waals surface area contributed by atoms with Crippen LogP contribution in [0.4, 0.5) is 5.69 Å². The van der Waals surface area contributed by atoms with Crippen molar-refractivity contribution in [3.05, 3.63) is 71.4 Å². The second-order valence-electron chi connectivity index (χ2n) is 6.57. The Labute approximate surface area is 177 Å². The number of para-hydroxylation sites is 2. The zero-order valence-electron chi connectivity index (χ0n) is 16.4. The molecule has 0 spiro atoms. The summed E-state index contributed by atoms with van der Waals surface area (Å²) >= 11 is 1.18. The summed E-state index contributed by atoms with van der Waals surface area (Å²) in [5, 5.41) is 14.9. The van der Waals surface area contributed by atoms with Gasteiger partial charge in [-0.2, -0.15) is 5.10 Å². The minimum Gasteiger partial charge on any atom is -0.506 e. The van der Waals surface area contributed by atoms with Crippen LogP contribution in [0.1, 0.15) is 18.5 Å². The van der Waals surface area contributed by atoms with Crippen LogP contribution >= 0.6 is 11.8 Å². The van der Waals surface area contributed by atoms with Crippen molar-refractivity contribution in [2.75, 3.05) is 19.1 Å². The molecule has 30 heavy (non-hydrogen) atoms. The first kappa shape index (κ1) is 20.1. The number of thioether (sulfide) groups is 1. The summed E-state index contributed by atoms with van der Waals surface area (Å²) in [5.41, 5.74) is 5.70. The number of fused-ring (bicyclic) bond motifs is 1. The van der Waals surface area contributed by atoms with Gasteiger partial charge in [-0.05, 0) is 36.4 Å². The highest BCUT2D eigenvalue weighted by atomic mass is 32.2. The summed E-state index contributed by atoms with van der Waals surface area (Å²) in [6.45, 7) is 2.06. The minimum absolute atomic E-state index is 0.0473. The Bertz CT molecular complexity index is 1050. The number of nitrogens with one attached hydrogen (secondary N) is 1. The molecule has 2 heterocycles. The van der Waals surface area contributed by atoms with Gasteiger partial charge < -0.3 is 5.11 Å². The van der Waals surface area contributed by atoms with Gasteiger partial charge in [0.2, 0.25) is 0 Å². The van der Waals surface area contributed by atoms with Crippen LogP contribution in [-0.4, -0.2) is 39.8 Å². The number of carbonyl (C=O) groups is 1. The van der Waals surface area contributed by atoms with Gasteiger partial charge in [0, 0.05) is 11.3 Å². The van der Waals surface area contributed by atoms with Gasteiger partial charge in [0.1, 0.15) is 12.4 Å². The summed E-state index contributed by atoms with van der Waals surface area (Å²) in [5.74, 6) is -0.232. The van der Waals surface area contributed by atoms with E-state index in [-0.39, 0.29) is 29.3 Å². The zero-order valence-corrected chi connectivity index (χ0v) is 17.2. The van der Waals surface area contributed by atoms with E-state index >= 15 is 0 Å². The zero-order chi connectivity index (χ0) is 21.1. The van der Waals surface area contributed by atoms with E-state index in [9.17, 15) is 9.90 Å². The number of aliphatic imine (C=N–C) groups is 1. The van der Waals surface area contributed by atoms with Crippen molar-refractivity contribution >= 4 is 33.6 Å². The molecule has 8 nitrogen and oxygen atoms in total. The van der Waals surface area contributed by atoms with Crippen LogP contribution in [0.2, 0.25) is 0 Å². The number of hydrogen-bond donors (Lipinski definition) is 2. The van der Waals surface area contributed by atoms with Gasteiger partial charge in [0.25, 0.3) is 5.91 Å². The molecule has 2 aliphatic heterocycles. The van der Waals surface area contributed by atoms with E-state index in [0.29, 0.717) is 10.9 Å². The second kappa shape index (κ2) is 8.70. The lowest BCUT2D eigenvalue weighted by Gasteiger charge is -2.33. The van der Waals surface area contributed by atoms with E-state index in [2.05, 4.69) is 15.5 Å². The highest BCUT2D eigenvalue weighted by Crippen LogP contribution is 2.41. The first-order valence-electron chi connectivity index (χ1n) is 9.22. The summed E-state index contributed by atoms with van der Waals surface area (Å²) in [6, 6.07) is 16.0. The Morgan fingerprint density at radius 2 is 1.93 bits per heavy atom. The number of rotatable bonds is 6. The number of benzene rings is 2. The Kier molecular flexibility index (Phi) is 5.84. The Balaban J connectivity index is 1.68. The molecule has 4 rings (SSSR count). The maximum atomic E-state index is 13.3. The van der Waals surface area contributed by atoms with Crippen molar-refractivity contribution in [1.29, 1.82) is 0 Å². The molecule has 2 aromatic rings. The van der Waals surface area contributed by atoms with Crippen LogP contribution in [0.25, 0.3) is 0 Å². The molecular formula is C21H20N4O4S. The lowest BCUT2D eigenvalue weighted by Crippen LogP contribution is -2.39. The van der Waals surface area contributed by atoms with Crippen LogP contribution in [-0.2, 0) is 14.6 Å².